The van der Waals surface area contributed by atoms with Crippen LogP contribution in [0.4, 0.5) is 16.2 Å². The molecule has 1 atom stereocenters. The first-order chi connectivity index (χ1) is 14.4. The second kappa shape index (κ2) is 7.93. The maximum atomic E-state index is 13.4. The van der Waals surface area contributed by atoms with Crippen LogP contribution in [-0.4, -0.2) is 17.0 Å². The maximum Gasteiger partial charge on any atom is 0.329 e. The molecule has 6 nitrogen and oxygen atoms in total. The molecule has 3 aromatic rings. The van der Waals surface area contributed by atoms with E-state index in [1.165, 1.54) is 0 Å². The average Bonchev–Trinajstić information content (AvgIpc) is 2.74. The number of urea groups is 1. The van der Waals surface area contributed by atoms with Crippen LogP contribution in [0.25, 0.3) is 0 Å². The van der Waals surface area contributed by atoms with Crippen LogP contribution < -0.4 is 15.5 Å². The van der Waals surface area contributed by atoms with Crippen molar-refractivity contribution < 1.29 is 14.7 Å². The fourth-order valence-corrected chi connectivity index (χ4v) is 3.83. The van der Waals surface area contributed by atoms with Gasteiger partial charge in [0.15, 0.2) is 0 Å². The van der Waals surface area contributed by atoms with Crippen molar-refractivity contribution >= 4 is 39.2 Å². The van der Waals surface area contributed by atoms with Crippen molar-refractivity contribution in [3.8, 4) is 0 Å². The Hall–Kier alpha value is -3.16. The Morgan fingerprint density at radius 2 is 1.80 bits per heavy atom. The van der Waals surface area contributed by atoms with Gasteiger partial charge in [0.2, 0.25) is 0 Å². The van der Waals surface area contributed by atoms with Crippen LogP contribution in [0.15, 0.2) is 77.3 Å². The van der Waals surface area contributed by atoms with Gasteiger partial charge < -0.3 is 15.7 Å². The number of rotatable bonds is 4. The Balaban J connectivity index is 1.76. The van der Waals surface area contributed by atoms with Gasteiger partial charge in [-0.3, -0.25) is 9.69 Å². The standard InChI is InChI=1S/C23H20BrN3O3/c1-15-7-9-16(10-8-15)14-25-21(28)23(30)19-13-17(24)11-12-20(19)26-22(29)27(23)18-5-3-2-4-6-18/h2-13,30H,14H2,1H3,(H,25,28)(H,26,29)/t23-/m0/s1. The summed E-state index contributed by atoms with van der Waals surface area (Å²) in [6.07, 6.45) is 0. The molecule has 0 saturated carbocycles. The van der Waals surface area contributed by atoms with Crippen molar-refractivity contribution in [3.63, 3.8) is 0 Å². The molecule has 1 aliphatic heterocycles. The number of aryl methyl sites for hydroxylation is 1. The van der Waals surface area contributed by atoms with Gasteiger partial charge in [-0.2, -0.15) is 0 Å². The summed E-state index contributed by atoms with van der Waals surface area (Å²) in [6.45, 7) is 2.20. The van der Waals surface area contributed by atoms with Crippen molar-refractivity contribution in [2.45, 2.75) is 19.2 Å². The lowest BCUT2D eigenvalue weighted by molar-refractivity contribution is -0.140. The zero-order valence-corrected chi connectivity index (χ0v) is 17.8. The minimum atomic E-state index is -2.23. The first-order valence-electron chi connectivity index (χ1n) is 9.42. The summed E-state index contributed by atoms with van der Waals surface area (Å²) in [5.41, 5.74) is 0.826. The van der Waals surface area contributed by atoms with E-state index in [-0.39, 0.29) is 12.1 Å². The first kappa shape index (κ1) is 20.1. The number of para-hydroxylation sites is 1. The first-order valence-corrected chi connectivity index (χ1v) is 10.2. The molecule has 1 heterocycles. The second-order valence-electron chi connectivity index (χ2n) is 7.13. The number of benzene rings is 3. The second-order valence-corrected chi connectivity index (χ2v) is 8.05. The van der Waals surface area contributed by atoms with Gasteiger partial charge in [-0.05, 0) is 42.8 Å². The number of hydrogen-bond acceptors (Lipinski definition) is 3. The molecule has 1 aliphatic rings. The summed E-state index contributed by atoms with van der Waals surface area (Å²) in [4.78, 5) is 27.4. The van der Waals surface area contributed by atoms with Gasteiger partial charge in [0.1, 0.15) is 0 Å². The molecule has 3 N–H and O–H groups in total. The smallest absolute Gasteiger partial charge is 0.329 e. The van der Waals surface area contributed by atoms with E-state index < -0.39 is 17.7 Å². The molecule has 4 rings (SSSR count). The number of halogens is 1. The normalized spacial score (nSPS) is 17.8. The van der Waals surface area contributed by atoms with Crippen LogP contribution in [-0.2, 0) is 17.1 Å². The zero-order valence-electron chi connectivity index (χ0n) is 16.2. The maximum absolute atomic E-state index is 13.4. The number of nitrogens with one attached hydrogen (secondary N) is 2. The van der Waals surface area contributed by atoms with E-state index in [0.717, 1.165) is 16.0 Å². The number of hydrogen-bond donors (Lipinski definition) is 3. The lowest BCUT2D eigenvalue weighted by Crippen LogP contribution is -2.62. The summed E-state index contributed by atoms with van der Waals surface area (Å²) in [7, 11) is 0. The summed E-state index contributed by atoms with van der Waals surface area (Å²) in [5.74, 6) is -0.693. The fourth-order valence-electron chi connectivity index (χ4n) is 3.47. The van der Waals surface area contributed by atoms with Gasteiger partial charge in [-0.25, -0.2) is 4.79 Å². The molecule has 30 heavy (non-hydrogen) atoms. The molecule has 0 aromatic heterocycles. The third-order valence-electron chi connectivity index (χ3n) is 5.03. The molecular formula is C23H20BrN3O3. The van der Waals surface area contributed by atoms with E-state index in [9.17, 15) is 14.7 Å². The molecule has 7 heteroatoms. The van der Waals surface area contributed by atoms with Crippen LogP contribution in [0.5, 0.6) is 0 Å². The number of anilines is 2. The highest BCUT2D eigenvalue weighted by molar-refractivity contribution is 9.10. The van der Waals surface area contributed by atoms with Gasteiger partial charge in [0.25, 0.3) is 11.6 Å². The monoisotopic (exact) mass is 465 g/mol. The molecule has 0 bridgehead atoms. The van der Waals surface area contributed by atoms with Gasteiger partial charge in [0, 0.05) is 22.3 Å². The molecule has 3 amide bonds. The minimum Gasteiger partial charge on any atom is -0.359 e. The number of amides is 3. The topological polar surface area (TPSA) is 81.7 Å². The number of nitrogens with zero attached hydrogens (tertiary/aromatic N) is 1. The fraction of sp³-hybridized carbons (Fsp3) is 0.130. The van der Waals surface area contributed by atoms with Crippen molar-refractivity contribution in [1.29, 1.82) is 0 Å². The van der Waals surface area contributed by atoms with E-state index in [4.69, 9.17) is 0 Å². The molecule has 0 unspecified atom stereocenters. The molecular weight excluding hydrogens is 446 g/mol. The van der Waals surface area contributed by atoms with Crippen molar-refractivity contribution in [1.82, 2.24) is 5.32 Å². The van der Waals surface area contributed by atoms with E-state index in [0.29, 0.717) is 15.8 Å². The quantitative estimate of drug-likeness (QED) is 0.537. The Morgan fingerprint density at radius 1 is 1.10 bits per heavy atom. The highest BCUT2D eigenvalue weighted by atomic mass is 79.9. The van der Waals surface area contributed by atoms with Gasteiger partial charge in [-0.15, -0.1) is 0 Å². The summed E-state index contributed by atoms with van der Waals surface area (Å²) < 4.78 is 0.676. The van der Waals surface area contributed by atoms with Crippen LogP contribution in [0.2, 0.25) is 0 Å². The molecule has 0 radical (unpaired) electrons. The highest BCUT2D eigenvalue weighted by Gasteiger charge is 2.52. The molecule has 0 aliphatic carbocycles. The molecule has 0 spiro atoms. The van der Waals surface area contributed by atoms with Crippen LogP contribution >= 0.6 is 15.9 Å². The lowest BCUT2D eigenvalue weighted by Gasteiger charge is -2.42. The SMILES string of the molecule is Cc1ccc(CNC(=O)[C@@]2(O)c3cc(Br)ccc3NC(=O)N2c2ccccc2)cc1. The predicted molar refractivity (Wildman–Crippen MR) is 119 cm³/mol. The summed E-state index contributed by atoms with van der Waals surface area (Å²) in [6, 6.07) is 20.8. The Morgan fingerprint density at radius 3 is 2.50 bits per heavy atom. The summed E-state index contributed by atoms with van der Waals surface area (Å²) >= 11 is 3.39. The van der Waals surface area contributed by atoms with Gasteiger partial charge in [-0.1, -0.05) is 64.0 Å². The predicted octanol–water partition coefficient (Wildman–Crippen LogP) is 4.27. The van der Waals surface area contributed by atoms with Crippen molar-refractivity contribution in [3.05, 3.63) is 94.0 Å². The van der Waals surface area contributed by atoms with Crippen molar-refractivity contribution in [2.24, 2.45) is 0 Å². The van der Waals surface area contributed by atoms with Crippen LogP contribution in [0.1, 0.15) is 16.7 Å². The molecule has 3 aromatic carbocycles. The van der Waals surface area contributed by atoms with Gasteiger partial charge >= 0.3 is 6.03 Å². The Bertz CT molecular complexity index is 1100. The number of carbonyl (C=O) groups excluding carboxylic acids is 2. The minimum absolute atomic E-state index is 0.217. The number of aliphatic hydroxyl groups is 1. The lowest BCUT2D eigenvalue weighted by atomic mass is 9.94. The van der Waals surface area contributed by atoms with E-state index >= 15 is 0 Å². The van der Waals surface area contributed by atoms with E-state index in [1.54, 1.807) is 48.5 Å². The molecule has 0 fully saturated rings. The molecule has 152 valence electrons. The zero-order chi connectivity index (χ0) is 21.3. The van der Waals surface area contributed by atoms with Gasteiger partial charge in [0.05, 0.1) is 5.69 Å². The number of carbonyl (C=O) groups is 2. The van der Waals surface area contributed by atoms with Crippen LogP contribution in [0, 0.1) is 6.92 Å². The van der Waals surface area contributed by atoms with E-state index in [1.807, 2.05) is 31.2 Å². The number of fused-ring (bicyclic) bond motifs is 1. The van der Waals surface area contributed by atoms with Crippen molar-refractivity contribution in [2.75, 3.05) is 10.2 Å². The largest absolute Gasteiger partial charge is 0.359 e. The Labute approximate surface area is 182 Å². The van der Waals surface area contributed by atoms with Crippen LogP contribution in [0.3, 0.4) is 0 Å². The molecule has 0 saturated heterocycles. The summed E-state index contributed by atoms with van der Waals surface area (Å²) in [5, 5.41) is 17.3. The highest BCUT2D eigenvalue weighted by Crippen LogP contribution is 2.40. The van der Waals surface area contributed by atoms with E-state index in [2.05, 4.69) is 26.6 Å². The third-order valence-corrected chi connectivity index (χ3v) is 5.52. The third kappa shape index (κ3) is 3.58. The average molecular weight is 466 g/mol. The Kier molecular flexibility index (Phi) is 5.32.